The van der Waals surface area contributed by atoms with Gasteiger partial charge in [0.05, 0.1) is 6.10 Å². The minimum Gasteiger partial charge on any atom is -0.378 e. The van der Waals surface area contributed by atoms with Crippen LogP contribution in [0.5, 0.6) is 0 Å². The van der Waals surface area contributed by atoms with Gasteiger partial charge in [-0.15, -0.1) is 0 Å². The van der Waals surface area contributed by atoms with Gasteiger partial charge in [-0.3, -0.25) is 0 Å². The summed E-state index contributed by atoms with van der Waals surface area (Å²) in [4.78, 5) is 0. The van der Waals surface area contributed by atoms with E-state index in [1.807, 2.05) is 0 Å². The molecule has 3 rings (SSSR count). The lowest BCUT2D eigenvalue weighted by atomic mass is 9.80. The van der Waals surface area contributed by atoms with Crippen LogP contribution < -0.4 is 0 Å². The number of unbranched alkanes of at least 4 members (excludes halogenated alkanes) is 2. The van der Waals surface area contributed by atoms with Gasteiger partial charge in [-0.2, -0.15) is 9.65 Å². The number of halogens is 1. The first-order chi connectivity index (χ1) is 15.7. The van der Waals surface area contributed by atoms with Crippen molar-refractivity contribution < 1.29 is 9.13 Å². The SMILES string of the molecule is CCCCCc1ccc([C@H]2CC[C@H](OC[C@H]3CC[C@H](CC/C=C(\F)C#N)CC3)CC2)cc1. The van der Waals surface area contributed by atoms with Gasteiger partial charge in [-0.05, 0) is 99.2 Å². The summed E-state index contributed by atoms with van der Waals surface area (Å²) >= 11 is 0. The van der Waals surface area contributed by atoms with Crippen LogP contribution in [0.1, 0.15) is 107 Å². The normalized spacial score (nSPS) is 26.6. The zero-order valence-electron chi connectivity index (χ0n) is 20.0. The van der Waals surface area contributed by atoms with Crippen molar-refractivity contribution in [1.29, 1.82) is 5.26 Å². The summed E-state index contributed by atoms with van der Waals surface area (Å²) in [5.41, 5.74) is 3.00. The van der Waals surface area contributed by atoms with Gasteiger partial charge in [0.1, 0.15) is 6.07 Å². The number of allylic oxidation sites excluding steroid dienone is 2. The maximum absolute atomic E-state index is 12.9. The van der Waals surface area contributed by atoms with Gasteiger partial charge in [0.15, 0.2) is 5.83 Å². The summed E-state index contributed by atoms with van der Waals surface area (Å²) in [5.74, 6) is 1.44. The Morgan fingerprint density at radius 2 is 1.69 bits per heavy atom. The summed E-state index contributed by atoms with van der Waals surface area (Å²) in [7, 11) is 0. The van der Waals surface area contributed by atoms with Crippen molar-refractivity contribution in [3.63, 3.8) is 0 Å². The fourth-order valence-corrected chi connectivity index (χ4v) is 5.55. The summed E-state index contributed by atoms with van der Waals surface area (Å²) in [6.07, 6.45) is 18.5. The van der Waals surface area contributed by atoms with Crippen molar-refractivity contribution in [2.45, 2.75) is 109 Å². The molecule has 0 bridgehead atoms. The highest BCUT2D eigenvalue weighted by molar-refractivity contribution is 5.26. The van der Waals surface area contributed by atoms with Gasteiger partial charge in [-0.1, -0.05) is 56.9 Å². The van der Waals surface area contributed by atoms with Crippen LogP contribution in [0.3, 0.4) is 0 Å². The van der Waals surface area contributed by atoms with E-state index in [-0.39, 0.29) is 0 Å². The molecule has 2 aliphatic rings. The highest BCUT2D eigenvalue weighted by Gasteiger charge is 2.25. The molecule has 0 amide bonds. The van der Waals surface area contributed by atoms with Gasteiger partial charge >= 0.3 is 0 Å². The first-order valence-corrected chi connectivity index (χ1v) is 13.1. The first-order valence-electron chi connectivity index (χ1n) is 13.1. The second-order valence-electron chi connectivity index (χ2n) is 10.1. The lowest BCUT2D eigenvalue weighted by molar-refractivity contribution is -0.00474. The molecule has 2 fully saturated rings. The Kier molecular flexibility index (Phi) is 10.8. The van der Waals surface area contributed by atoms with Crippen molar-refractivity contribution in [3.8, 4) is 6.07 Å². The number of hydrogen-bond donors (Lipinski definition) is 0. The van der Waals surface area contributed by atoms with E-state index >= 15 is 0 Å². The van der Waals surface area contributed by atoms with Crippen LogP contribution in [-0.4, -0.2) is 12.7 Å². The molecule has 176 valence electrons. The fourth-order valence-electron chi connectivity index (χ4n) is 5.55. The maximum atomic E-state index is 12.9. The summed E-state index contributed by atoms with van der Waals surface area (Å²) in [6, 6.07) is 11.0. The van der Waals surface area contributed by atoms with Gasteiger partial charge in [0.25, 0.3) is 0 Å². The third-order valence-corrected chi connectivity index (χ3v) is 7.73. The smallest absolute Gasteiger partial charge is 0.196 e. The van der Waals surface area contributed by atoms with E-state index in [1.54, 1.807) is 6.07 Å². The van der Waals surface area contributed by atoms with Crippen LogP contribution in [0.4, 0.5) is 4.39 Å². The molecule has 32 heavy (non-hydrogen) atoms. The standard InChI is InChI=1S/C29H42FNO/c1-2-3-4-6-23-13-15-26(16-14-23)27-17-19-29(20-18-27)32-22-25-11-9-24(10-12-25)7-5-8-28(30)21-31/h8,13-16,24-25,27,29H,2-7,9-12,17-20,22H2,1H3/b28-8-/t24-,25-,27-,29-. The van der Waals surface area contributed by atoms with E-state index < -0.39 is 5.83 Å². The molecule has 0 spiro atoms. The zero-order valence-corrected chi connectivity index (χ0v) is 20.0. The van der Waals surface area contributed by atoms with Crippen molar-refractivity contribution >= 4 is 0 Å². The molecular weight excluding hydrogens is 397 g/mol. The summed E-state index contributed by atoms with van der Waals surface area (Å²) in [5, 5.41) is 8.48. The van der Waals surface area contributed by atoms with Crippen molar-refractivity contribution in [2.75, 3.05) is 6.61 Å². The molecule has 1 aromatic rings. The molecule has 1 aromatic carbocycles. The average molecular weight is 440 g/mol. The van der Waals surface area contributed by atoms with Crippen LogP contribution in [0.15, 0.2) is 36.2 Å². The van der Waals surface area contributed by atoms with Crippen LogP contribution in [0, 0.1) is 23.2 Å². The second kappa shape index (κ2) is 13.8. The Bertz CT molecular complexity index is 719. The van der Waals surface area contributed by atoms with Crippen LogP contribution in [0.25, 0.3) is 0 Å². The quantitative estimate of drug-likeness (QED) is 0.256. The molecule has 3 heteroatoms. The van der Waals surface area contributed by atoms with E-state index in [9.17, 15) is 4.39 Å². The molecule has 0 unspecified atom stereocenters. The number of nitriles is 1. The Morgan fingerprint density at radius 1 is 1.00 bits per heavy atom. The lowest BCUT2D eigenvalue weighted by Gasteiger charge is -2.32. The third kappa shape index (κ3) is 8.36. The Labute approximate surface area is 195 Å². The van der Waals surface area contributed by atoms with Crippen LogP contribution >= 0.6 is 0 Å². The summed E-state index contributed by atoms with van der Waals surface area (Å²) in [6.45, 7) is 3.18. The Morgan fingerprint density at radius 3 is 2.34 bits per heavy atom. The monoisotopic (exact) mass is 439 g/mol. The molecule has 0 aliphatic heterocycles. The third-order valence-electron chi connectivity index (χ3n) is 7.73. The molecular formula is C29H42FNO. The highest BCUT2D eigenvalue weighted by Crippen LogP contribution is 2.36. The minimum atomic E-state index is -0.638. The second-order valence-corrected chi connectivity index (χ2v) is 10.1. The van der Waals surface area contributed by atoms with Crippen LogP contribution in [0.2, 0.25) is 0 Å². The lowest BCUT2D eigenvalue weighted by Crippen LogP contribution is -2.25. The van der Waals surface area contributed by atoms with E-state index in [2.05, 4.69) is 31.2 Å². The predicted molar refractivity (Wildman–Crippen MR) is 130 cm³/mol. The number of ether oxygens (including phenoxy) is 1. The van der Waals surface area contributed by atoms with E-state index in [0.29, 0.717) is 30.3 Å². The number of benzene rings is 1. The number of aryl methyl sites for hydroxylation is 1. The molecule has 0 atom stereocenters. The van der Waals surface area contributed by atoms with Crippen molar-refractivity contribution in [1.82, 2.24) is 0 Å². The highest BCUT2D eigenvalue weighted by atomic mass is 19.1. The van der Waals surface area contributed by atoms with Crippen molar-refractivity contribution in [2.24, 2.45) is 11.8 Å². The van der Waals surface area contributed by atoms with Crippen LogP contribution in [-0.2, 0) is 11.2 Å². The Hall–Kier alpha value is -1.66. The molecule has 2 aliphatic carbocycles. The maximum Gasteiger partial charge on any atom is 0.196 e. The molecule has 0 aromatic heterocycles. The first kappa shape index (κ1) is 25.0. The van der Waals surface area contributed by atoms with E-state index in [0.717, 1.165) is 13.0 Å². The topological polar surface area (TPSA) is 33.0 Å². The van der Waals surface area contributed by atoms with E-state index in [4.69, 9.17) is 10.00 Å². The molecule has 0 radical (unpaired) electrons. The van der Waals surface area contributed by atoms with Gasteiger partial charge in [0.2, 0.25) is 0 Å². The number of hydrogen-bond acceptors (Lipinski definition) is 2. The number of rotatable bonds is 11. The van der Waals surface area contributed by atoms with Crippen molar-refractivity contribution in [3.05, 3.63) is 47.3 Å². The number of nitrogens with zero attached hydrogens (tertiary/aromatic N) is 1. The largest absolute Gasteiger partial charge is 0.378 e. The molecule has 0 N–H and O–H groups in total. The van der Waals surface area contributed by atoms with Gasteiger partial charge < -0.3 is 4.74 Å². The van der Waals surface area contributed by atoms with Gasteiger partial charge in [0, 0.05) is 6.61 Å². The zero-order chi connectivity index (χ0) is 22.6. The molecule has 2 nitrogen and oxygen atoms in total. The van der Waals surface area contributed by atoms with E-state index in [1.165, 1.54) is 94.3 Å². The molecule has 0 saturated heterocycles. The molecule has 0 heterocycles. The molecule has 2 saturated carbocycles. The average Bonchev–Trinajstić information content (AvgIpc) is 2.84. The van der Waals surface area contributed by atoms with Gasteiger partial charge in [-0.25, -0.2) is 0 Å². The fraction of sp³-hybridized carbons (Fsp3) is 0.690. The Balaban J connectivity index is 1.29. The predicted octanol–water partition coefficient (Wildman–Crippen LogP) is 8.43. The summed E-state index contributed by atoms with van der Waals surface area (Å²) < 4.78 is 19.2. The minimum absolute atomic E-state index is 0.441.